The summed E-state index contributed by atoms with van der Waals surface area (Å²) in [5.74, 6) is 0.0127. The molecule has 15 heavy (non-hydrogen) atoms. The highest BCUT2D eigenvalue weighted by Gasteiger charge is 2.05. The summed E-state index contributed by atoms with van der Waals surface area (Å²) in [5.41, 5.74) is 7.14. The summed E-state index contributed by atoms with van der Waals surface area (Å²) in [6.45, 7) is 3.06. The van der Waals surface area contributed by atoms with Crippen LogP contribution < -0.4 is 5.73 Å². The summed E-state index contributed by atoms with van der Waals surface area (Å²) in [6, 6.07) is 7.63. The van der Waals surface area contributed by atoms with Crippen LogP contribution in [0, 0.1) is 0 Å². The van der Waals surface area contributed by atoms with E-state index < -0.39 is 0 Å². The van der Waals surface area contributed by atoms with Crippen LogP contribution in [0.4, 0.5) is 0 Å². The molecule has 0 amide bonds. The van der Waals surface area contributed by atoms with Crippen molar-refractivity contribution in [1.82, 2.24) is 0 Å². The second-order valence-corrected chi connectivity index (χ2v) is 3.32. The molecule has 1 aromatic carbocycles. The number of hydrogen-bond acceptors (Lipinski definition) is 3. The van der Waals surface area contributed by atoms with Gasteiger partial charge >= 0.3 is 0 Å². The van der Waals surface area contributed by atoms with Crippen LogP contribution in [0.25, 0.3) is 0 Å². The number of hydrogen-bond donors (Lipinski definition) is 1. The van der Waals surface area contributed by atoms with Crippen LogP contribution in [0.2, 0.25) is 0 Å². The van der Waals surface area contributed by atoms with E-state index in [1.165, 1.54) is 5.56 Å². The summed E-state index contributed by atoms with van der Waals surface area (Å²) in [6.07, 6.45) is 0.935. The monoisotopic (exact) mass is 207 g/mol. The van der Waals surface area contributed by atoms with Gasteiger partial charge in [-0.15, -0.1) is 0 Å². The van der Waals surface area contributed by atoms with Gasteiger partial charge in [-0.2, -0.15) is 0 Å². The third kappa shape index (κ3) is 3.81. The zero-order valence-corrected chi connectivity index (χ0v) is 9.03. The van der Waals surface area contributed by atoms with Crippen molar-refractivity contribution in [2.75, 3.05) is 19.8 Å². The Morgan fingerprint density at radius 1 is 1.47 bits per heavy atom. The van der Waals surface area contributed by atoms with E-state index in [0.29, 0.717) is 18.7 Å². The first-order valence-corrected chi connectivity index (χ1v) is 5.18. The SMILES string of the molecule is CCc1cccc(C(=O)COCCN)c1. The van der Waals surface area contributed by atoms with Crippen LogP contribution in [0.5, 0.6) is 0 Å². The first kappa shape index (κ1) is 11.9. The molecule has 0 saturated carbocycles. The van der Waals surface area contributed by atoms with E-state index in [9.17, 15) is 4.79 Å². The molecule has 3 nitrogen and oxygen atoms in total. The van der Waals surface area contributed by atoms with Gasteiger partial charge in [0.1, 0.15) is 6.61 Å². The molecule has 0 heterocycles. The third-order valence-electron chi connectivity index (χ3n) is 2.15. The molecule has 2 N–H and O–H groups in total. The highest BCUT2D eigenvalue weighted by molar-refractivity contribution is 5.97. The quantitative estimate of drug-likeness (QED) is 0.566. The molecule has 0 aliphatic heterocycles. The van der Waals surface area contributed by atoms with Crippen LogP contribution in [0.15, 0.2) is 24.3 Å². The van der Waals surface area contributed by atoms with Gasteiger partial charge in [-0.3, -0.25) is 4.79 Å². The molecule has 0 aliphatic rings. The fourth-order valence-corrected chi connectivity index (χ4v) is 1.30. The number of ether oxygens (including phenoxy) is 1. The minimum absolute atomic E-state index is 0.0127. The molecular weight excluding hydrogens is 190 g/mol. The molecule has 0 radical (unpaired) electrons. The Balaban J connectivity index is 2.57. The molecular formula is C12H17NO2. The molecule has 1 aromatic rings. The number of rotatable bonds is 6. The Kier molecular flexibility index (Phi) is 5.01. The Labute approximate surface area is 90.2 Å². The van der Waals surface area contributed by atoms with Crippen LogP contribution in [-0.4, -0.2) is 25.5 Å². The van der Waals surface area contributed by atoms with Gasteiger partial charge in [-0.25, -0.2) is 0 Å². The first-order valence-electron chi connectivity index (χ1n) is 5.18. The Bertz CT molecular complexity index is 323. The van der Waals surface area contributed by atoms with Crippen molar-refractivity contribution in [3.63, 3.8) is 0 Å². The normalized spacial score (nSPS) is 10.3. The predicted molar refractivity (Wildman–Crippen MR) is 60.0 cm³/mol. The third-order valence-corrected chi connectivity index (χ3v) is 2.15. The van der Waals surface area contributed by atoms with Crippen LogP contribution >= 0.6 is 0 Å². The molecule has 0 atom stereocenters. The van der Waals surface area contributed by atoms with E-state index in [1.54, 1.807) is 0 Å². The largest absolute Gasteiger partial charge is 0.372 e. The van der Waals surface area contributed by atoms with Crippen molar-refractivity contribution in [2.24, 2.45) is 5.73 Å². The number of aryl methyl sites for hydroxylation is 1. The number of Topliss-reactive ketones (excluding diaryl/α,β-unsaturated/α-hetero) is 1. The van der Waals surface area contributed by atoms with Gasteiger partial charge in [0.05, 0.1) is 6.61 Å². The lowest BCUT2D eigenvalue weighted by atomic mass is 10.1. The molecule has 0 spiro atoms. The molecule has 82 valence electrons. The molecule has 0 bridgehead atoms. The number of ketones is 1. The number of benzene rings is 1. The molecule has 0 aromatic heterocycles. The molecule has 0 saturated heterocycles. The minimum atomic E-state index is 0.0127. The van der Waals surface area contributed by atoms with E-state index in [1.807, 2.05) is 24.3 Å². The maximum absolute atomic E-state index is 11.6. The Hall–Kier alpha value is -1.19. The van der Waals surface area contributed by atoms with Crippen LogP contribution in [0.1, 0.15) is 22.8 Å². The van der Waals surface area contributed by atoms with Gasteiger partial charge in [-0.05, 0) is 18.1 Å². The predicted octanol–water partition coefficient (Wildman–Crippen LogP) is 1.41. The lowest BCUT2D eigenvalue weighted by Gasteiger charge is -2.03. The van der Waals surface area contributed by atoms with Gasteiger partial charge < -0.3 is 10.5 Å². The molecule has 0 aliphatic carbocycles. The summed E-state index contributed by atoms with van der Waals surface area (Å²) in [7, 11) is 0. The molecule has 0 fully saturated rings. The van der Waals surface area contributed by atoms with Gasteiger partial charge in [0.15, 0.2) is 5.78 Å². The highest BCUT2D eigenvalue weighted by atomic mass is 16.5. The average Bonchev–Trinajstić information content (AvgIpc) is 2.29. The van der Waals surface area contributed by atoms with Crippen molar-refractivity contribution >= 4 is 5.78 Å². The van der Waals surface area contributed by atoms with Gasteiger partial charge in [0.2, 0.25) is 0 Å². The lowest BCUT2D eigenvalue weighted by Crippen LogP contribution is -2.14. The fraction of sp³-hybridized carbons (Fsp3) is 0.417. The summed E-state index contributed by atoms with van der Waals surface area (Å²) < 4.78 is 5.10. The van der Waals surface area contributed by atoms with E-state index in [0.717, 1.165) is 6.42 Å². The lowest BCUT2D eigenvalue weighted by molar-refractivity contribution is 0.0774. The zero-order chi connectivity index (χ0) is 11.1. The van der Waals surface area contributed by atoms with Crippen molar-refractivity contribution < 1.29 is 9.53 Å². The average molecular weight is 207 g/mol. The minimum Gasteiger partial charge on any atom is -0.372 e. The Morgan fingerprint density at radius 2 is 2.27 bits per heavy atom. The molecule has 0 unspecified atom stereocenters. The van der Waals surface area contributed by atoms with Crippen molar-refractivity contribution in [1.29, 1.82) is 0 Å². The van der Waals surface area contributed by atoms with Gasteiger partial charge in [0.25, 0.3) is 0 Å². The Morgan fingerprint density at radius 3 is 2.93 bits per heavy atom. The summed E-state index contributed by atoms with van der Waals surface area (Å²) in [4.78, 5) is 11.6. The maximum atomic E-state index is 11.6. The number of carbonyl (C=O) groups excluding carboxylic acids is 1. The summed E-state index contributed by atoms with van der Waals surface area (Å²) in [5, 5.41) is 0. The number of nitrogens with two attached hydrogens (primary N) is 1. The van der Waals surface area contributed by atoms with Crippen molar-refractivity contribution in [3.8, 4) is 0 Å². The maximum Gasteiger partial charge on any atom is 0.188 e. The second-order valence-electron chi connectivity index (χ2n) is 3.32. The van der Waals surface area contributed by atoms with Crippen molar-refractivity contribution in [2.45, 2.75) is 13.3 Å². The van der Waals surface area contributed by atoms with E-state index in [4.69, 9.17) is 10.5 Å². The van der Waals surface area contributed by atoms with Crippen LogP contribution in [0.3, 0.4) is 0 Å². The second kappa shape index (κ2) is 6.32. The molecule has 1 rings (SSSR count). The van der Waals surface area contributed by atoms with Gasteiger partial charge in [0, 0.05) is 12.1 Å². The standard InChI is InChI=1S/C12H17NO2/c1-2-10-4-3-5-11(8-10)12(14)9-15-7-6-13/h3-5,8H,2,6-7,9,13H2,1H3. The first-order chi connectivity index (χ1) is 7.27. The molecule has 3 heteroatoms. The van der Waals surface area contributed by atoms with Gasteiger partial charge in [-0.1, -0.05) is 25.1 Å². The summed E-state index contributed by atoms with van der Waals surface area (Å²) >= 11 is 0. The fourth-order valence-electron chi connectivity index (χ4n) is 1.30. The van der Waals surface area contributed by atoms with E-state index in [2.05, 4.69) is 6.92 Å². The topological polar surface area (TPSA) is 52.3 Å². The highest BCUT2D eigenvalue weighted by Crippen LogP contribution is 2.06. The number of carbonyl (C=O) groups is 1. The van der Waals surface area contributed by atoms with E-state index in [-0.39, 0.29) is 12.4 Å². The van der Waals surface area contributed by atoms with Crippen LogP contribution in [-0.2, 0) is 11.2 Å². The van der Waals surface area contributed by atoms with E-state index >= 15 is 0 Å². The smallest absolute Gasteiger partial charge is 0.188 e. The van der Waals surface area contributed by atoms with Crippen molar-refractivity contribution in [3.05, 3.63) is 35.4 Å². The zero-order valence-electron chi connectivity index (χ0n) is 9.03.